The van der Waals surface area contributed by atoms with Crippen LogP contribution in [0.4, 0.5) is 0 Å². The SMILES string of the molecule is CC(C)(c1ccc(O)cc1)c1ccc(O)c(-c2ccccc2)c1-c1ccccc1. The van der Waals surface area contributed by atoms with Gasteiger partial charge in [0.05, 0.1) is 0 Å². The smallest absolute Gasteiger partial charge is 0.124 e. The molecule has 0 bridgehead atoms. The van der Waals surface area contributed by atoms with Crippen molar-refractivity contribution in [1.29, 1.82) is 0 Å². The lowest BCUT2D eigenvalue weighted by Crippen LogP contribution is -2.20. The van der Waals surface area contributed by atoms with Gasteiger partial charge in [0.25, 0.3) is 0 Å². The van der Waals surface area contributed by atoms with Gasteiger partial charge >= 0.3 is 0 Å². The van der Waals surface area contributed by atoms with E-state index in [-0.39, 0.29) is 16.9 Å². The molecule has 0 saturated carbocycles. The van der Waals surface area contributed by atoms with Crippen LogP contribution in [0.15, 0.2) is 97.1 Å². The van der Waals surface area contributed by atoms with Gasteiger partial charge in [0.15, 0.2) is 0 Å². The van der Waals surface area contributed by atoms with Crippen LogP contribution in [-0.4, -0.2) is 10.2 Å². The molecule has 0 unspecified atom stereocenters. The van der Waals surface area contributed by atoms with E-state index in [1.807, 2.05) is 66.7 Å². The molecule has 0 amide bonds. The number of phenolic OH excluding ortho intramolecular Hbond substituents is 2. The van der Waals surface area contributed by atoms with Gasteiger partial charge in [0.1, 0.15) is 11.5 Å². The summed E-state index contributed by atoms with van der Waals surface area (Å²) < 4.78 is 0. The Balaban J connectivity index is 2.04. The molecule has 0 saturated heterocycles. The third kappa shape index (κ3) is 3.50. The topological polar surface area (TPSA) is 40.5 Å². The van der Waals surface area contributed by atoms with Crippen molar-refractivity contribution in [2.75, 3.05) is 0 Å². The third-order valence-corrected chi connectivity index (χ3v) is 5.57. The van der Waals surface area contributed by atoms with Crippen molar-refractivity contribution in [2.24, 2.45) is 0 Å². The maximum absolute atomic E-state index is 10.9. The molecule has 0 aliphatic carbocycles. The summed E-state index contributed by atoms with van der Waals surface area (Å²) in [4.78, 5) is 0. The highest BCUT2D eigenvalue weighted by molar-refractivity contribution is 5.90. The Hall–Kier alpha value is -3.52. The second-order valence-corrected chi connectivity index (χ2v) is 7.79. The lowest BCUT2D eigenvalue weighted by Gasteiger charge is -2.30. The first-order chi connectivity index (χ1) is 14.0. The van der Waals surface area contributed by atoms with Crippen molar-refractivity contribution in [3.63, 3.8) is 0 Å². The Kier molecular flexibility index (Phi) is 4.85. The first kappa shape index (κ1) is 18.8. The van der Waals surface area contributed by atoms with Crippen molar-refractivity contribution in [3.05, 3.63) is 108 Å². The fraction of sp³-hybridized carbons (Fsp3) is 0.111. The zero-order valence-electron chi connectivity index (χ0n) is 16.6. The van der Waals surface area contributed by atoms with E-state index >= 15 is 0 Å². The van der Waals surface area contributed by atoms with Crippen LogP contribution in [0.3, 0.4) is 0 Å². The highest BCUT2D eigenvalue weighted by atomic mass is 16.3. The second kappa shape index (κ2) is 7.48. The Morgan fingerprint density at radius 1 is 0.552 bits per heavy atom. The summed E-state index contributed by atoms with van der Waals surface area (Å²) in [5.74, 6) is 0.517. The van der Waals surface area contributed by atoms with Gasteiger partial charge in [-0.25, -0.2) is 0 Å². The molecule has 0 heterocycles. The molecule has 2 heteroatoms. The van der Waals surface area contributed by atoms with E-state index in [0.29, 0.717) is 0 Å². The van der Waals surface area contributed by atoms with E-state index in [1.165, 1.54) is 0 Å². The van der Waals surface area contributed by atoms with E-state index in [2.05, 4.69) is 26.0 Å². The van der Waals surface area contributed by atoms with Crippen LogP contribution in [0, 0.1) is 0 Å². The zero-order valence-corrected chi connectivity index (χ0v) is 16.6. The van der Waals surface area contributed by atoms with E-state index in [9.17, 15) is 10.2 Å². The van der Waals surface area contributed by atoms with E-state index in [4.69, 9.17) is 0 Å². The van der Waals surface area contributed by atoms with Gasteiger partial charge in [-0.15, -0.1) is 0 Å². The van der Waals surface area contributed by atoms with Gasteiger partial charge in [-0.1, -0.05) is 92.7 Å². The third-order valence-electron chi connectivity index (χ3n) is 5.57. The van der Waals surface area contributed by atoms with Crippen LogP contribution in [0.2, 0.25) is 0 Å². The van der Waals surface area contributed by atoms with E-state index in [1.54, 1.807) is 18.2 Å². The number of hydrogen-bond acceptors (Lipinski definition) is 2. The maximum Gasteiger partial charge on any atom is 0.124 e. The molecule has 2 nitrogen and oxygen atoms in total. The average molecular weight is 380 g/mol. The fourth-order valence-electron chi connectivity index (χ4n) is 3.95. The predicted octanol–water partition coefficient (Wildman–Crippen LogP) is 6.76. The Morgan fingerprint density at radius 3 is 1.62 bits per heavy atom. The zero-order chi connectivity index (χ0) is 20.4. The number of benzene rings is 4. The van der Waals surface area contributed by atoms with Gasteiger partial charge in [-0.3, -0.25) is 0 Å². The van der Waals surface area contributed by atoms with Crippen LogP contribution in [0.5, 0.6) is 11.5 Å². The summed E-state index contributed by atoms with van der Waals surface area (Å²) >= 11 is 0. The molecule has 0 spiro atoms. The normalized spacial score (nSPS) is 11.4. The minimum absolute atomic E-state index is 0.253. The summed E-state index contributed by atoms with van der Waals surface area (Å²) in [5.41, 5.74) is 5.77. The number of phenols is 2. The van der Waals surface area contributed by atoms with E-state index < -0.39 is 0 Å². The van der Waals surface area contributed by atoms with Crippen LogP contribution in [-0.2, 0) is 5.41 Å². The summed E-state index contributed by atoms with van der Waals surface area (Å²) in [6, 6.07) is 31.4. The molecule has 144 valence electrons. The highest BCUT2D eigenvalue weighted by Crippen LogP contribution is 2.46. The predicted molar refractivity (Wildman–Crippen MR) is 119 cm³/mol. The van der Waals surface area contributed by atoms with Crippen molar-refractivity contribution in [2.45, 2.75) is 19.3 Å². The summed E-state index contributed by atoms with van der Waals surface area (Å²) in [6.45, 7) is 4.35. The Labute approximate surface area is 171 Å². The van der Waals surface area contributed by atoms with Gasteiger partial charge in [0.2, 0.25) is 0 Å². The largest absolute Gasteiger partial charge is 0.508 e. The molecule has 4 aromatic carbocycles. The molecular weight excluding hydrogens is 356 g/mol. The molecule has 2 N–H and O–H groups in total. The number of hydrogen-bond donors (Lipinski definition) is 2. The molecule has 0 aliphatic rings. The molecule has 0 radical (unpaired) electrons. The van der Waals surface area contributed by atoms with Crippen molar-refractivity contribution in [3.8, 4) is 33.8 Å². The van der Waals surface area contributed by atoms with E-state index in [0.717, 1.165) is 33.4 Å². The molecule has 0 aliphatic heterocycles. The molecule has 0 fully saturated rings. The Bertz CT molecular complexity index is 1110. The minimum atomic E-state index is -0.337. The van der Waals surface area contributed by atoms with Crippen molar-refractivity contribution < 1.29 is 10.2 Å². The van der Waals surface area contributed by atoms with Crippen molar-refractivity contribution >= 4 is 0 Å². The van der Waals surface area contributed by atoms with Crippen LogP contribution < -0.4 is 0 Å². The molecule has 0 atom stereocenters. The van der Waals surface area contributed by atoms with Gasteiger partial charge in [-0.2, -0.15) is 0 Å². The number of rotatable bonds is 4. The molecule has 4 rings (SSSR count). The first-order valence-electron chi connectivity index (χ1n) is 9.75. The van der Waals surface area contributed by atoms with Gasteiger partial charge in [0, 0.05) is 11.0 Å². The first-order valence-corrected chi connectivity index (χ1v) is 9.75. The van der Waals surface area contributed by atoms with Gasteiger partial charge in [-0.05, 0) is 46.0 Å². The van der Waals surface area contributed by atoms with Crippen LogP contribution in [0.25, 0.3) is 22.3 Å². The lowest BCUT2D eigenvalue weighted by molar-refractivity contribution is 0.474. The van der Waals surface area contributed by atoms with Crippen LogP contribution >= 0.6 is 0 Å². The van der Waals surface area contributed by atoms with Gasteiger partial charge < -0.3 is 10.2 Å². The van der Waals surface area contributed by atoms with Crippen LogP contribution in [0.1, 0.15) is 25.0 Å². The highest BCUT2D eigenvalue weighted by Gasteiger charge is 2.29. The summed E-state index contributed by atoms with van der Waals surface area (Å²) in [7, 11) is 0. The molecular formula is C27H24O2. The lowest BCUT2D eigenvalue weighted by atomic mass is 9.73. The monoisotopic (exact) mass is 380 g/mol. The molecule has 29 heavy (non-hydrogen) atoms. The van der Waals surface area contributed by atoms with Crippen molar-refractivity contribution in [1.82, 2.24) is 0 Å². The Morgan fingerprint density at radius 2 is 1.07 bits per heavy atom. The average Bonchev–Trinajstić information content (AvgIpc) is 2.75. The second-order valence-electron chi connectivity index (χ2n) is 7.79. The molecule has 4 aromatic rings. The number of aromatic hydroxyl groups is 2. The maximum atomic E-state index is 10.9. The standard InChI is InChI=1S/C27H24O2/c1-27(2,21-13-15-22(28)16-14-21)23-17-18-24(29)26(20-11-7-4-8-12-20)25(23)19-9-5-3-6-10-19/h3-18,28-29H,1-2H3. The molecule has 0 aromatic heterocycles. The minimum Gasteiger partial charge on any atom is -0.508 e. The summed E-state index contributed by atoms with van der Waals surface area (Å²) in [6.07, 6.45) is 0. The summed E-state index contributed by atoms with van der Waals surface area (Å²) in [5, 5.41) is 20.6. The fourth-order valence-corrected chi connectivity index (χ4v) is 3.95. The quantitative estimate of drug-likeness (QED) is 0.411.